The molecular weight excluding hydrogens is 256 g/mol. The minimum absolute atomic E-state index is 0.0190. The number of nitrogens with zero attached hydrogens (tertiary/aromatic N) is 1. The SMILES string of the molecule is CCCCS(=O)(=O)Nc1ccc(C)c([N+](=O)[O-])c1. The number of unbranched alkanes of at least 4 members (excludes halogenated alkanes) is 1. The number of nitro groups is 1. The number of benzene rings is 1. The molecule has 0 spiro atoms. The standard InChI is InChI=1S/C11H16N2O4S/c1-3-4-7-18(16,17)12-10-6-5-9(2)11(8-10)13(14)15/h5-6,8,12H,3-4,7H2,1-2H3. The highest BCUT2D eigenvalue weighted by Gasteiger charge is 2.14. The zero-order valence-electron chi connectivity index (χ0n) is 10.3. The lowest BCUT2D eigenvalue weighted by Crippen LogP contribution is -2.16. The van der Waals surface area contributed by atoms with Crippen LogP contribution in [0.2, 0.25) is 0 Å². The molecule has 0 aromatic heterocycles. The van der Waals surface area contributed by atoms with Gasteiger partial charge in [0, 0.05) is 11.6 Å². The van der Waals surface area contributed by atoms with Crippen molar-refractivity contribution in [3.63, 3.8) is 0 Å². The highest BCUT2D eigenvalue weighted by molar-refractivity contribution is 7.92. The van der Waals surface area contributed by atoms with Crippen molar-refractivity contribution in [2.45, 2.75) is 26.7 Å². The van der Waals surface area contributed by atoms with E-state index >= 15 is 0 Å². The summed E-state index contributed by atoms with van der Waals surface area (Å²) in [5.74, 6) is 0.0190. The number of anilines is 1. The van der Waals surface area contributed by atoms with Gasteiger partial charge in [0.15, 0.2) is 0 Å². The quantitative estimate of drug-likeness (QED) is 0.636. The molecule has 1 aromatic rings. The molecule has 0 radical (unpaired) electrons. The summed E-state index contributed by atoms with van der Waals surface area (Å²) in [5, 5.41) is 10.7. The lowest BCUT2D eigenvalue weighted by Gasteiger charge is -2.07. The van der Waals surface area contributed by atoms with Crippen molar-refractivity contribution < 1.29 is 13.3 Å². The van der Waals surface area contributed by atoms with Gasteiger partial charge >= 0.3 is 0 Å². The zero-order chi connectivity index (χ0) is 13.8. The Balaban J connectivity index is 2.92. The molecule has 100 valence electrons. The first-order valence-electron chi connectivity index (χ1n) is 5.61. The third-order valence-electron chi connectivity index (χ3n) is 2.45. The Labute approximate surface area is 106 Å². The molecule has 0 amide bonds. The third kappa shape index (κ3) is 3.99. The van der Waals surface area contributed by atoms with E-state index in [2.05, 4.69) is 4.72 Å². The second-order valence-electron chi connectivity index (χ2n) is 4.03. The average molecular weight is 272 g/mol. The van der Waals surface area contributed by atoms with Crippen LogP contribution in [0.5, 0.6) is 0 Å². The molecule has 0 aliphatic carbocycles. The van der Waals surface area contributed by atoms with E-state index in [0.29, 0.717) is 12.0 Å². The molecule has 0 saturated heterocycles. The Morgan fingerprint density at radius 3 is 2.61 bits per heavy atom. The van der Waals surface area contributed by atoms with Crippen molar-refractivity contribution in [2.75, 3.05) is 10.5 Å². The maximum atomic E-state index is 11.6. The molecule has 0 bridgehead atoms. The topological polar surface area (TPSA) is 89.3 Å². The predicted molar refractivity (Wildman–Crippen MR) is 70.2 cm³/mol. The van der Waals surface area contributed by atoms with Gasteiger partial charge in [-0.2, -0.15) is 0 Å². The number of rotatable bonds is 6. The number of hydrogen-bond acceptors (Lipinski definition) is 4. The van der Waals surface area contributed by atoms with Gasteiger partial charge < -0.3 is 0 Å². The van der Waals surface area contributed by atoms with Gasteiger partial charge in [0.2, 0.25) is 10.0 Å². The van der Waals surface area contributed by atoms with Crippen LogP contribution in [0.25, 0.3) is 0 Å². The summed E-state index contributed by atoms with van der Waals surface area (Å²) in [6.07, 6.45) is 1.33. The molecule has 1 N–H and O–H groups in total. The van der Waals surface area contributed by atoms with Crippen LogP contribution < -0.4 is 4.72 Å². The predicted octanol–water partition coefficient (Wildman–Crippen LogP) is 2.45. The maximum Gasteiger partial charge on any atom is 0.274 e. The fourth-order valence-electron chi connectivity index (χ4n) is 1.43. The number of aryl methyl sites for hydroxylation is 1. The summed E-state index contributed by atoms with van der Waals surface area (Å²) >= 11 is 0. The second-order valence-corrected chi connectivity index (χ2v) is 5.87. The van der Waals surface area contributed by atoms with Gasteiger partial charge in [-0.25, -0.2) is 8.42 Å². The largest absolute Gasteiger partial charge is 0.283 e. The van der Waals surface area contributed by atoms with Crippen LogP contribution in [0.3, 0.4) is 0 Å². The molecule has 0 fully saturated rings. The zero-order valence-corrected chi connectivity index (χ0v) is 11.2. The minimum atomic E-state index is -3.42. The van der Waals surface area contributed by atoms with Crippen molar-refractivity contribution >= 4 is 21.4 Å². The Kier molecular flexibility index (Phi) is 4.66. The fourth-order valence-corrected chi connectivity index (χ4v) is 2.69. The smallest absolute Gasteiger partial charge is 0.274 e. The molecule has 0 atom stereocenters. The van der Waals surface area contributed by atoms with Crippen molar-refractivity contribution in [1.29, 1.82) is 0 Å². The van der Waals surface area contributed by atoms with E-state index in [-0.39, 0.29) is 17.1 Å². The molecule has 0 saturated carbocycles. The molecule has 0 aliphatic rings. The number of hydrogen-bond donors (Lipinski definition) is 1. The van der Waals surface area contributed by atoms with Crippen LogP contribution in [0.15, 0.2) is 18.2 Å². The van der Waals surface area contributed by atoms with Gasteiger partial charge in [-0.05, 0) is 19.4 Å². The van der Waals surface area contributed by atoms with E-state index in [9.17, 15) is 18.5 Å². The molecule has 0 aliphatic heterocycles. The molecule has 7 heteroatoms. The van der Waals surface area contributed by atoms with Crippen molar-refractivity contribution in [2.24, 2.45) is 0 Å². The van der Waals surface area contributed by atoms with Crippen LogP contribution in [0.1, 0.15) is 25.3 Å². The summed E-state index contributed by atoms with van der Waals surface area (Å²) in [7, 11) is -3.42. The lowest BCUT2D eigenvalue weighted by molar-refractivity contribution is -0.385. The maximum absolute atomic E-state index is 11.6. The van der Waals surface area contributed by atoms with E-state index < -0.39 is 14.9 Å². The Hall–Kier alpha value is -1.63. The molecule has 1 rings (SSSR count). The summed E-state index contributed by atoms with van der Waals surface area (Å²) < 4.78 is 25.6. The van der Waals surface area contributed by atoms with Gasteiger partial charge in [-0.3, -0.25) is 14.8 Å². The Morgan fingerprint density at radius 1 is 1.39 bits per heavy atom. The molecule has 0 unspecified atom stereocenters. The van der Waals surface area contributed by atoms with Crippen molar-refractivity contribution in [3.8, 4) is 0 Å². The van der Waals surface area contributed by atoms with Gasteiger partial charge in [0.05, 0.1) is 16.4 Å². The van der Waals surface area contributed by atoms with E-state index in [1.807, 2.05) is 6.92 Å². The molecule has 0 heterocycles. The average Bonchev–Trinajstić information content (AvgIpc) is 2.28. The molecular formula is C11H16N2O4S. The van der Waals surface area contributed by atoms with E-state index in [4.69, 9.17) is 0 Å². The van der Waals surface area contributed by atoms with E-state index in [0.717, 1.165) is 6.42 Å². The monoisotopic (exact) mass is 272 g/mol. The highest BCUT2D eigenvalue weighted by atomic mass is 32.2. The van der Waals surface area contributed by atoms with Crippen LogP contribution >= 0.6 is 0 Å². The number of sulfonamides is 1. The Morgan fingerprint density at radius 2 is 2.06 bits per heavy atom. The minimum Gasteiger partial charge on any atom is -0.283 e. The fraction of sp³-hybridized carbons (Fsp3) is 0.455. The van der Waals surface area contributed by atoms with Crippen LogP contribution in [0, 0.1) is 17.0 Å². The van der Waals surface area contributed by atoms with Gasteiger partial charge in [0.1, 0.15) is 0 Å². The molecule has 18 heavy (non-hydrogen) atoms. The normalized spacial score (nSPS) is 11.2. The molecule has 6 nitrogen and oxygen atoms in total. The summed E-state index contributed by atoms with van der Waals surface area (Å²) in [6, 6.07) is 4.28. The summed E-state index contributed by atoms with van der Waals surface area (Å²) in [5.41, 5.74) is 0.630. The summed E-state index contributed by atoms with van der Waals surface area (Å²) in [6.45, 7) is 3.50. The van der Waals surface area contributed by atoms with E-state index in [1.165, 1.54) is 18.2 Å². The number of nitro benzene ring substituents is 1. The van der Waals surface area contributed by atoms with Crippen molar-refractivity contribution in [3.05, 3.63) is 33.9 Å². The first kappa shape index (κ1) is 14.4. The molecule has 1 aromatic carbocycles. The number of nitrogens with one attached hydrogen (secondary N) is 1. The first-order chi connectivity index (χ1) is 8.35. The van der Waals surface area contributed by atoms with Crippen molar-refractivity contribution in [1.82, 2.24) is 0 Å². The highest BCUT2D eigenvalue weighted by Crippen LogP contribution is 2.23. The second kappa shape index (κ2) is 5.81. The van der Waals surface area contributed by atoms with Crippen LogP contribution in [0.4, 0.5) is 11.4 Å². The lowest BCUT2D eigenvalue weighted by atomic mass is 10.2. The van der Waals surface area contributed by atoms with Gasteiger partial charge in [-0.15, -0.1) is 0 Å². The van der Waals surface area contributed by atoms with Gasteiger partial charge in [0.25, 0.3) is 5.69 Å². The van der Waals surface area contributed by atoms with Crippen LogP contribution in [-0.2, 0) is 10.0 Å². The summed E-state index contributed by atoms with van der Waals surface area (Å²) in [4.78, 5) is 10.2. The van der Waals surface area contributed by atoms with Crippen LogP contribution in [-0.4, -0.2) is 19.1 Å². The van der Waals surface area contributed by atoms with Gasteiger partial charge in [-0.1, -0.05) is 19.4 Å². The first-order valence-corrected chi connectivity index (χ1v) is 7.26. The Bertz CT molecular complexity index is 540. The third-order valence-corrected chi connectivity index (χ3v) is 3.82. The van der Waals surface area contributed by atoms with E-state index in [1.54, 1.807) is 6.92 Å².